The summed E-state index contributed by atoms with van der Waals surface area (Å²) < 4.78 is 45.0. The number of carbonyl (C=O) groups excluding carboxylic acids is 1. The summed E-state index contributed by atoms with van der Waals surface area (Å²) in [5.41, 5.74) is 2.83. The van der Waals surface area contributed by atoms with Gasteiger partial charge in [0.25, 0.3) is 15.9 Å². The fraction of sp³-hybridized carbons (Fsp3) is 0.321. The number of benzene rings is 3. The smallest absolute Gasteiger partial charge is 0.264 e. The fourth-order valence-corrected chi connectivity index (χ4v) is 6.35. The van der Waals surface area contributed by atoms with Gasteiger partial charge in [0.15, 0.2) is 18.1 Å². The molecule has 5 rings (SSSR count). The molecule has 0 spiro atoms. The number of fused-ring (bicyclic) bond motifs is 2. The van der Waals surface area contributed by atoms with E-state index in [-0.39, 0.29) is 23.0 Å². The molecule has 0 radical (unpaired) electrons. The standard InChI is InChI=1S/C28H30N2O6S/c1-28(2)17-20-6-4-8-25(27(20)36-28)35-18-26(31)29-21-9-14-24-19(16-21)7-5-15-30(24)37(32,33)23-12-10-22(34-3)11-13-23/h4,6,8-14,16H,5,7,15,17-18H2,1-3H3,(H,29,31). The number of nitrogens with zero attached hydrogens (tertiary/aromatic N) is 1. The maximum absolute atomic E-state index is 13.3. The van der Waals surface area contributed by atoms with Crippen molar-refractivity contribution in [3.63, 3.8) is 0 Å². The third-order valence-corrected chi connectivity index (χ3v) is 8.33. The second-order valence-electron chi connectivity index (χ2n) is 9.82. The number of rotatable bonds is 7. The number of amides is 1. The van der Waals surface area contributed by atoms with Crippen molar-refractivity contribution in [1.82, 2.24) is 0 Å². The number of aryl methyl sites for hydroxylation is 1. The minimum Gasteiger partial charge on any atom is -0.497 e. The highest BCUT2D eigenvalue weighted by Gasteiger charge is 2.32. The first kappa shape index (κ1) is 25.0. The fourth-order valence-electron chi connectivity index (χ4n) is 4.81. The van der Waals surface area contributed by atoms with E-state index in [2.05, 4.69) is 5.32 Å². The topological polar surface area (TPSA) is 94.2 Å². The quantitative estimate of drug-likeness (QED) is 0.489. The lowest BCUT2D eigenvalue weighted by molar-refractivity contribution is -0.118. The van der Waals surface area contributed by atoms with Crippen molar-refractivity contribution < 1.29 is 27.4 Å². The predicted molar refractivity (Wildman–Crippen MR) is 141 cm³/mol. The molecule has 194 valence electrons. The molecule has 3 aromatic rings. The van der Waals surface area contributed by atoms with Crippen molar-refractivity contribution in [2.75, 3.05) is 29.9 Å². The Morgan fingerprint density at radius 2 is 1.86 bits per heavy atom. The molecule has 0 atom stereocenters. The van der Waals surface area contributed by atoms with Gasteiger partial charge in [0.2, 0.25) is 0 Å². The van der Waals surface area contributed by atoms with Gasteiger partial charge in [0, 0.05) is 24.2 Å². The van der Waals surface area contributed by atoms with Crippen LogP contribution in [0.1, 0.15) is 31.4 Å². The molecule has 0 saturated carbocycles. The van der Waals surface area contributed by atoms with Crippen LogP contribution >= 0.6 is 0 Å². The van der Waals surface area contributed by atoms with Crippen LogP contribution in [0.3, 0.4) is 0 Å². The first-order valence-corrected chi connectivity index (χ1v) is 13.6. The van der Waals surface area contributed by atoms with Crippen molar-refractivity contribution in [3.05, 3.63) is 71.8 Å². The molecule has 0 bridgehead atoms. The summed E-state index contributed by atoms with van der Waals surface area (Å²) in [5, 5.41) is 2.86. The first-order chi connectivity index (χ1) is 17.7. The summed E-state index contributed by atoms with van der Waals surface area (Å²) in [6.45, 7) is 4.25. The Balaban J connectivity index is 1.27. The summed E-state index contributed by atoms with van der Waals surface area (Å²) in [4.78, 5) is 12.9. The number of carbonyl (C=O) groups is 1. The molecule has 1 amide bonds. The van der Waals surface area contributed by atoms with E-state index in [1.54, 1.807) is 42.5 Å². The number of ether oxygens (including phenoxy) is 3. The summed E-state index contributed by atoms with van der Waals surface area (Å²) in [6.07, 6.45) is 2.18. The Morgan fingerprint density at radius 1 is 1.08 bits per heavy atom. The van der Waals surface area contributed by atoms with Crippen LogP contribution in [0.25, 0.3) is 0 Å². The molecule has 2 aliphatic heterocycles. The monoisotopic (exact) mass is 522 g/mol. The Labute approximate surface area is 217 Å². The molecule has 0 saturated heterocycles. The minimum absolute atomic E-state index is 0.171. The number of hydrogen-bond donors (Lipinski definition) is 1. The highest BCUT2D eigenvalue weighted by atomic mass is 32.2. The lowest BCUT2D eigenvalue weighted by Gasteiger charge is -2.31. The van der Waals surface area contributed by atoms with E-state index in [9.17, 15) is 13.2 Å². The molecule has 1 N–H and O–H groups in total. The molecule has 0 unspecified atom stereocenters. The van der Waals surface area contributed by atoms with Crippen molar-refractivity contribution in [2.45, 2.75) is 43.6 Å². The molecule has 0 aromatic heterocycles. The van der Waals surface area contributed by atoms with Crippen molar-refractivity contribution in [2.24, 2.45) is 0 Å². The number of nitrogens with one attached hydrogen (secondary N) is 1. The average Bonchev–Trinajstić information content (AvgIpc) is 3.21. The van der Waals surface area contributed by atoms with Gasteiger partial charge in [-0.15, -0.1) is 0 Å². The highest BCUT2D eigenvalue weighted by Crippen LogP contribution is 2.41. The van der Waals surface area contributed by atoms with Crippen LogP contribution < -0.4 is 23.8 Å². The van der Waals surface area contributed by atoms with Gasteiger partial charge in [0.1, 0.15) is 11.4 Å². The van der Waals surface area contributed by atoms with Crippen LogP contribution in [0.5, 0.6) is 17.2 Å². The van der Waals surface area contributed by atoms with Gasteiger partial charge < -0.3 is 19.5 Å². The first-order valence-electron chi connectivity index (χ1n) is 12.2. The van der Waals surface area contributed by atoms with E-state index >= 15 is 0 Å². The second-order valence-corrected chi connectivity index (χ2v) is 11.7. The zero-order chi connectivity index (χ0) is 26.2. The van der Waals surface area contributed by atoms with Gasteiger partial charge in [-0.25, -0.2) is 8.42 Å². The molecule has 2 heterocycles. The van der Waals surface area contributed by atoms with Crippen LogP contribution in [0, 0.1) is 0 Å². The lowest BCUT2D eigenvalue weighted by Crippen LogP contribution is -2.35. The number of para-hydroxylation sites is 1. The minimum atomic E-state index is -3.73. The molecule has 0 aliphatic carbocycles. The number of hydrogen-bond acceptors (Lipinski definition) is 6. The molecule has 8 nitrogen and oxygen atoms in total. The molecule has 9 heteroatoms. The van der Waals surface area contributed by atoms with Gasteiger partial charge in [-0.05, 0) is 80.8 Å². The van der Waals surface area contributed by atoms with Crippen LogP contribution in [-0.2, 0) is 27.7 Å². The maximum Gasteiger partial charge on any atom is 0.264 e. The van der Waals surface area contributed by atoms with E-state index < -0.39 is 10.0 Å². The van der Waals surface area contributed by atoms with Crippen molar-refractivity contribution >= 4 is 27.3 Å². The molecule has 2 aliphatic rings. The number of methoxy groups -OCH3 is 1. The average molecular weight is 523 g/mol. The van der Waals surface area contributed by atoms with Gasteiger partial charge >= 0.3 is 0 Å². The SMILES string of the molecule is COc1ccc(S(=O)(=O)N2CCCc3cc(NC(=O)COc4cccc5c4OC(C)(C)C5)ccc32)cc1. The lowest BCUT2D eigenvalue weighted by atomic mass is 10.0. The molecular formula is C28H30N2O6S. The largest absolute Gasteiger partial charge is 0.497 e. The zero-order valence-electron chi connectivity index (χ0n) is 21.1. The summed E-state index contributed by atoms with van der Waals surface area (Å²) in [6, 6.07) is 17.3. The summed E-state index contributed by atoms with van der Waals surface area (Å²) >= 11 is 0. The Morgan fingerprint density at radius 3 is 2.62 bits per heavy atom. The zero-order valence-corrected chi connectivity index (χ0v) is 21.9. The van der Waals surface area contributed by atoms with Crippen LogP contribution in [-0.4, -0.2) is 40.2 Å². The van der Waals surface area contributed by atoms with E-state index in [4.69, 9.17) is 14.2 Å². The van der Waals surface area contributed by atoms with Gasteiger partial charge in [0.05, 0.1) is 17.7 Å². The number of anilines is 2. The summed E-state index contributed by atoms with van der Waals surface area (Å²) in [5.74, 6) is 1.51. The van der Waals surface area contributed by atoms with Crippen LogP contribution in [0.2, 0.25) is 0 Å². The van der Waals surface area contributed by atoms with Crippen LogP contribution in [0.4, 0.5) is 11.4 Å². The normalized spacial score (nSPS) is 15.8. The third-order valence-electron chi connectivity index (χ3n) is 6.50. The third kappa shape index (κ3) is 5.09. The van der Waals surface area contributed by atoms with Crippen LogP contribution in [0.15, 0.2) is 65.6 Å². The predicted octanol–water partition coefficient (Wildman–Crippen LogP) is 4.57. The second kappa shape index (κ2) is 9.63. The van der Waals surface area contributed by atoms with Gasteiger partial charge in [-0.1, -0.05) is 12.1 Å². The summed E-state index contributed by atoms with van der Waals surface area (Å²) in [7, 11) is -2.19. The van der Waals surface area contributed by atoms with E-state index in [1.165, 1.54) is 11.4 Å². The molecule has 0 fully saturated rings. The molecular weight excluding hydrogens is 492 g/mol. The maximum atomic E-state index is 13.3. The molecule has 3 aromatic carbocycles. The van der Waals surface area contributed by atoms with E-state index in [0.717, 1.165) is 17.5 Å². The van der Waals surface area contributed by atoms with Gasteiger partial charge in [-0.2, -0.15) is 0 Å². The Kier molecular flexibility index (Phi) is 6.49. The van der Waals surface area contributed by atoms with Crippen molar-refractivity contribution in [3.8, 4) is 17.2 Å². The Hall–Kier alpha value is -3.72. The highest BCUT2D eigenvalue weighted by molar-refractivity contribution is 7.92. The van der Waals surface area contributed by atoms with Gasteiger partial charge in [-0.3, -0.25) is 9.10 Å². The Bertz CT molecular complexity index is 1430. The van der Waals surface area contributed by atoms with E-state index in [1.807, 2.05) is 32.0 Å². The number of sulfonamides is 1. The van der Waals surface area contributed by atoms with Crippen molar-refractivity contribution in [1.29, 1.82) is 0 Å². The van der Waals surface area contributed by atoms with E-state index in [0.29, 0.717) is 48.0 Å². The molecule has 37 heavy (non-hydrogen) atoms.